The first-order valence-electron chi connectivity index (χ1n) is 9.60. The number of ether oxygens (including phenoxy) is 2. The largest absolute Gasteiger partial charge is 0.493 e. The van der Waals surface area contributed by atoms with Gasteiger partial charge in [-0.1, -0.05) is 13.0 Å². The van der Waals surface area contributed by atoms with Crippen molar-refractivity contribution >= 4 is 11.7 Å². The van der Waals surface area contributed by atoms with Crippen molar-refractivity contribution < 1.29 is 14.3 Å². The lowest BCUT2D eigenvalue weighted by Crippen LogP contribution is -2.34. The minimum absolute atomic E-state index is 0.216. The van der Waals surface area contributed by atoms with Crippen LogP contribution in [-0.4, -0.2) is 43.2 Å². The number of nitrogens with one attached hydrogen (secondary N) is 1. The summed E-state index contributed by atoms with van der Waals surface area (Å²) in [6.07, 6.45) is 2.29. The Balaban J connectivity index is 1.69. The molecule has 0 bridgehead atoms. The standard InChI is InChI=1S/C21H28N4O3/c1-14-7-9-25(10-8-14)20-12-17(23-15(2)24-20)21(26)22-13-16-5-6-18(27-3)19(11-16)28-4/h5-6,11-12,14H,7-10,13H2,1-4H3,(H,22,26). The Morgan fingerprint density at radius 1 is 1.14 bits per heavy atom. The summed E-state index contributed by atoms with van der Waals surface area (Å²) < 4.78 is 10.6. The molecule has 0 unspecified atom stereocenters. The summed E-state index contributed by atoms with van der Waals surface area (Å²) in [5.41, 5.74) is 1.31. The molecule has 2 aromatic rings. The summed E-state index contributed by atoms with van der Waals surface area (Å²) in [5, 5.41) is 2.92. The Bertz CT molecular complexity index is 832. The normalized spacial score (nSPS) is 14.6. The smallest absolute Gasteiger partial charge is 0.270 e. The molecule has 0 radical (unpaired) electrons. The third-order valence-corrected chi connectivity index (χ3v) is 5.07. The van der Waals surface area contributed by atoms with Crippen LogP contribution in [0.1, 0.15) is 41.6 Å². The fourth-order valence-electron chi connectivity index (χ4n) is 3.33. The molecular weight excluding hydrogens is 356 g/mol. The van der Waals surface area contributed by atoms with Crippen molar-refractivity contribution in [2.45, 2.75) is 33.2 Å². The van der Waals surface area contributed by atoms with E-state index in [0.717, 1.165) is 43.2 Å². The van der Waals surface area contributed by atoms with E-state index in [2.05, 4.69) is 27.1 Å². The second-order valence-electron chi connectivity index (χ2n) is 7.20. The van der Waals surface area contributed by atoms with E-state index in [9.17, 15) is 4.79 Å². The zero-order valence-electron chi connectivity index (χ0n) is 17.0. The molecule has 7 nitrogen and oxygen atoms in total. The molecule has 1 aromatic carbocycles. The number of nitrogens with zero attached hydrogens (tertiary/aromatic N) is 3. The first-order valence-corrected chi connectivity index (χ1v) is 9.60. The summed E-state index contributed by atoms with van der Waals surface area (Å²) in [6, 6.07) is 7.36. The molecule has 0 aliphatic carbocycles. The molecule has 0 spiro atoms. The monoisotopic (exact) mass is 384 g/mol. The van der Waals surface area contributed by atoms with Crippen molar-refractivity contribution in [2.75, 3.05) is 32.2 Å². The Morgan fingerprint density at radius 3 is 2.54 bits per heavy atom. The number of anilines is 1. The van der Waals surface area contributed by atoms with E-state index in [1.807, 2.05) is 25.1 Å². The average Bonchev–Trinajstić information content (AvgIpc) is 2.71. The minimum atomic E-state index is -0.216. The van der Waals surface area contributed by atoms with Gasteiger partial charge in [-0.15, -0.1) is 0 Å². The summed E-state index contributed by atoms with van der Waals surface area (Å²) in [7, 11) is 3.18. The van der Waals surface area contributed by atoms with Gasteiger partial charge in [0, 0.05) is 25.7 Å². The number of aromatic nitrogens is 2. The van der Waals surface area contributed by atoms with Crippen LogP contribution >= 0.6 is 0 Å². The second kappa shape index (κ2) is 8.91. The quantitative estimate of drug-likeness (QED) is 0.825. The van der Waals surface area contributed by atoms with Gasteiger partial charge in [0.2, 0.25) is 0 Å². The van der Waals surface area contributed by atoms with Crippen LogP contribution in [0, 0.1) is 12.8 Å². The van der Waals surface area contributed by atoms with Gasteiger partial charge in [0.25, 0.3) is 5.91 Å². The number of carbonyl (C=O) groups is 1. The highest BCUT2D eigenvalue weighted by Crippen LogP contribution is 2.27. The van der Waals surface area contributed by atoms with E-state index in [1.165, 1.54) is 0 Å². The van der Waals surface area contributed by atoms with Gasteiger partial charge in [-0.2, -0.15) is 0 Å². The van der Waals surface area contributed by atoms with Gasteiger partial charge in [0.15, 0.2) is 11.5 Å². The fourth-order valence-corrected chi connectivity index (χ4v) is 3.33. The van der Waals surface area contributed by atoms with E-state index in [4.69, 9.17) is 9.47 Å². The SMILES string of the molecule is COc1ccc(CNC(=O)c2cc(N3CCC(C)CC3)nc(C)n2)cc1OC. The first-order chi connectivity index (χ1) is 13.5. The molecule has 1 N–H and O–H groups in total. The topological polar surface area (TPSA) is 76.6 Å². The van der Waals surface area contributed by atoms with E-state index in [0.29, 0.717) is 29.6 Å². The lowest BCUT2D eigenvalue weighted by atomic mass is 9.99. The molecule has 1 amide bonds. The van der Waals surface area contributed by atoms with Crippen molar-refractivity contribution in [2.24, 2.45) is 5.92 Å². The number of aryl methyl sites for hydroxylation is 1. The van der Waals surface area contributed by atoms with Gasteiger partial charge in [0.1, 0.15) is 17.3 Å². The van der Waals surface area contributed by atoms with Crippen LogP contribution in [0.2, 0.25) is 0 Å². The molecule has 0 saturated carbocycles. The third-order valence-electron chi connectivity index (χ3n) is 5.07. The lowest BCUT2D eigenvalue weighted by molar-refractivity contribution is 0.0945. The maximum absolute atomic E-state index is 12.7. The number of hydrogen-bond donors (Lipinski definition) is 1. The number of rotatable bonds is 6. The van der Waals surface area contributed by atoms with Crippen molar-refractivity contribution in [1.29, 1.82) is 0 Å². The Morgan fingerprint density at radius 2 is 1.86 bits per heavy atom. The Labute approximate surface area is 166 Å². The third kappa shape index (κ3) is 4.71. The van der Waals surface area contributed by atoms with Crippen LogP contribution < -0.4 is 19.7 Å². The number of carbonyl (C=O) groups excluding carboxylic acids is 1. The predicted molar refractivity (Wildman–Crippen MR) is 108 cm³/mol. The van der Waals surface area contributed by atoms with Crippen molar-refractivity contribution in [1.82, 2.24) is 15.3 Å². The first kappa shape index (κ1) is 19.9. The maximum Gasteiger partial charge on any atom is 0.270 e. The molecule has 1 saturated heterocycles. The van der Waals surface area contributed by atoms with Crippen molar-refractivity contribution in [3.8, 4) is 11.5 Å². The second-order valence-corrected chi connectivity index (χ2v) is 7.20. The number of amides is 1. The molecule has 7 heteroatoms. The Kier molecular flexibility index (Phi) is 6.34. The number of hydrogen-bond acceptors (Lipinski definition) is 6. The van der Waals surface area contributed by atoms with E-state index < -0.39 is 0 Å². The van der Waals surface area contributed by atoms with Crippen LogP contribution in [0.15, 0.2) is 24.3 Å². The van der Waals surface area contributed by atoms with Gasteiger partial charge >= 0.3 is 0 Å². The van der Waals surface area contributed by atoms with Gasteiger partial charge in [-0.25, -0.2) is 9.97 Å². The number of methoxy groups -OCH3 is 2. The predicted octanol–water partition coefficient (Wildman–Crippen LogP) is 2.97. The molecule has 2 heterocycles. The van der Waals surface area contributed by atoms with E-state index >= 15 is 0 Å². The van der Waals surface area contributed by atoms with E-state index in [1.54, 1.807) is 20.3 Å². The van der Waals surface area contributed by atoms with Gasteiger partial charge in [-0.05, 0) is 43.4 Å². The minimum Gasteiger partial charge on any atom is -0.493 e. The van der Waals surface area contributed by atoms with E-state index in [-0.39, 0.29) is 5.91 Å². The fraction of sp³-hybridized carbons (Fsp3) is 0.476. The van der Waals surface area contributed by atoms with Crippen LogP contribution in [0.5, 0.6) is 11.5 Å². The molecule has 1 aromatic heterocycles. The molecular formula is C21H28N4O3. The average molecular weight is 384 g/mol. The van der Waals surface area contributed by atoms with Crippen LogP contribution in [0.3, 0.4) is 0 Å². The summed E-state index contributed by atoms with van der Waals surface area (Å²) in [4.78, 5) is 23.7. The zero-order chi connectivity index (χ0) is 20.1. The summed E-state index contributed by atoms with van der Waals surface area (Å²) >= 11 is 0. The highest BCUT2D eigenvalue weighted by Gasteiger charge is 2.19. The molecule has 28 heavy (non-hydrogen) atoms. The van der Waals surface area contributed by atoms with Crippen molar-refractivity contribution in [3.63, 3.8) is 0 Å². The van der Waals surface area contributed by atoms with Gasteiger partial charge in [-0.3, -0.25) is 4.79 Å². The van der Waals surface area contributed by atoms with Crippen LogP contribution in [-0.2, 0) is 6.54 Å². The molecule has 0 atom stereocenters. The highest BCUT2D eigenvalue weighted by atomic mass is 16.5. The summed E-state index contributed by atoms with van der Waals surface area (Å²) in [5.74, 6) is 3.25. The van der Waals surface area contributed by atoms with Crippen molar-refractivity contribution in [3.05, 3.63) is 41.3 Å². The number of benzene rings is 1. The maximum atomic E-state index is 12.7. The van der Waals surface area contributed by atoms with Crippen LogP contribution in [0.4, 0.5) is 5.82 Å². The molecule has 1 fully saturated rings. The highest BCUT2D eigenvalue weighted by molar-refractivity contribution is 5.92. The molecule has 3 rings (SSSR count). The Hall–Kier alpha value is -2.83. The zero-order valence-corrected chi connectivity index (χ0v) is 17.0. The lowest BCUT2D eigenvalue weighted by Gasteiger charge is -2.31. The molecule has 150 valence electrons. The summed E-state index contributed by atoms with van der Waals surface area (Å²) in [6.45, 7) is 6.39. The van der Waals surface area contributed by atoms with Gasteiger partial charge in [0.05, 0.1) is 14.2 Å². The number of piperidine rings is 1. The molecule has 1 aliphatic rings. The van der Waals surface area contributed by atoms with Crippen LogP contribution in [0.25, 0.3) is 0 Å². The van der Waals surface area contributed by atoms with Gasteiger partial charge < -0.3 is 19.7 Å². The molecule has 1 aliphatic heterocycles.